The van der Waals surface area contributed by atoms with Crippen molar-refractivity contribution >= 4 is 16.8 Å². The van der Waals surface area contributed by atoms with Gasteiger partial charge in [-0.25, -0.2) is 0 Å². The first-order chi connectivity index (χ1) is 13.1. The van der Waals surface area contributed by atoms with E-state index < -0.39 is 6.61 Å². The van der Waals surface area contributed by atoms with Gasteiger partial charge in [-0.15, -0.1) is 0 Å². The monoisotopic (exact) mass is 370 g/mol. The van der Waals surface area contributed by atoms with E-state index in [4.69, 9.17) is 0 Å². The number of carbonyl (C=O) groups excluding carboxylic acids is 1. The van der Waals surface area contributed by atoms with Crippen LogP contribution in [-0.4, -0.2) is 35.5 Å². The number of halogens is 2. The number of amides is 1. The third-order valence-corrected chi connectivity index (χ3v) is 5.17. The van der Waals surface area contributed by atoms with Crippen molar-refractivity contribution in [3.05, 3.63) is 65.9 Å². The second-order valence-electron chi connectivity index (χ2n) is 6.76. The Morgan fingerprint density at radius 1 is 1.07 bits per heavy atom. The highest BCUT2D eigenvalue weighted by molar-refractivity contribution is 5.94. The zero-order valence-corrected chi connectivity index (χ0v) is 14.7. The number of carbonyl (C=O) groups is 1. The number of hydrogen-bond donors (Lipinski definition) is 1. The average molecular weight is 370 g/mol. The quantitative estimate of drug-likeness (QED) is 0.718. The van der Waals surface area contributed by atoms with Gasteiger partial charge in [-0.05, 0) is 54.7 Å². The SMILES string of the molecule is O=C(c1ccc(OC(F)F)cc1)N1CCC(c2c[nH]c3ccccc23)CC1. The number of alkyl halides is 2. The molecule has 2 heterocycles. The van der Waals surface area contributed by atoms with E-state index in [1.54, 1.807) is 0 Å². The van der Waals surface area contributed by atoms with Crippen LogP contribution in [0.3, 0.4) is 0 Å². The van der Waals surface area contributed by atoms with Crippen LogP contribution in [0.5, 0.6) is 5.75 Å². The smallest absolute Gasteiger partial charge is 0.387 e. The Labute approximate surface area is 155 Å². The number of hydrogen-bond acceptors (Lipinski definition) is 2. The second kappa shape index (κ2) is 7.39. The number of ether oxygens (including phenoxy) is 1. The van der Waals surface area contributed by atoms with Crippen molar-refractivity contribution in [2.24, 2.45) is 0 Å². The zero-order chi connectivity index (χ0) is 18.8. The molecule has 1 aromatic heterocycles. The van der Waals surface area contributed by atoms with E-state index in [1.165, 1.54) is 35.2 Å². The standard InChI is InChI=1S/C21H20F2N2O2/c22-21(23)27-16-7-5-15(6-8-16)20(26)25-11-9-14(10-12-25)18-13-24-19-4-2-1-3-17(18)19/h1-8,13-14,21,24H,9-12H2. The molecule has 3 aromatic rings. The second-order valence-corrected chi connectivity index (χ2v) is 6.76. The Morgan fingerprint density at radius 3 is 2.48 bits per heavy atom. The maximum Gasteiger partial charge on any atom is 0.387 e. The maximum absolute atomic E-state index is 12.7. The number of H-pyrrole nitrogens is 1. The van der Waals surface area contributed by atoms with Gasteiger partial charge < -0.3 is 14.6 Å². The first-order valence-corrected chi connectivity index (χ1v) is 9.02. The lowest BCUT2D eigenvalue weighted by Gasteiger charge is -2.32. The summed E-state index contributed by atoms with van der Waals surface area (Å²) in [7, 11) is 0. The van der Waals surface area contributed by atoms with Gasteiger partial charge in [0.15, 0.2) is 0 Å². The summed E-state index contributed by atoms with van der Waals surface area (Å²) < 4.78 is 28.8. The van der Waals surface area contributed by atoms with Crippen LogP contribution in [0.2, 0.25) is 0 Å². The van der Waals surface area contributed by atoms with E-state index >= 15 is 0 Å². The van der Waals surface area contributed by atoms with Gasteiger partial charge in [-0.1, -0.05) is 18.2 Å². The molecule has 1 amide bonds. The summed E-state index contributed by atoms with van der Waals surface area (Å²) in [5.74, 6) is 0.405. The third kappa shape index (κ3) is 3.65. The minimum absolute atomic E-state index is 0.0552. The molecular weight excluding hydrogens is 350 g/mol. The summed E-state index contributed by atoms with van der Waals surface area (Å²) >= 11 is 0. The minimum Gasteiger partial charge on any atom is -0.435 e. The van der Waals surface area contributed by atoms with Gasteiger partial charge in [0.2, 0.25) is 0 Å². The first-order valence-electron chi connectivity index (χ1n) is 9.02. The number of aromatic amines is 1. The molecule has 27 heavy (non-hydrogen) atoms. The lowest BCUT2D eigenvalue weighted by Crippen LogP contribution is -2.37. The highest BCUT2D eigenvalue weighted by atomic mass is 19.3. The Kier molecular flexibility index (Phi) is 4.79. The van der Waals surface area contributed by atoms with Crippen molar-refractivity contribution in [2.45, 2.75) is 25.4 Å². The van der Waals surface area contributed by atoms with Crippen LogP contribution in [0.4, 0.5) is 8.78 Å². The molecule has 0 bridgehead atoms. The summed E-state index contributed by atoms with van der Waals surface area (Å²) in [5, 5.41) is 1.25. The topological polar surface area (TPSA) is 45.3 Å². The lowest BCUT2D eigenvalue weighted by molar-refractivity contribution is -0.0498. The van der Waals surface area contributed by atoms with Crippen molar-refractivity contribution < 1.29 is 18.3 Å². The minimum atomic E-state index is -2.87. The number of likely N-dealkylation sites (tertiary alicyclic amines) is 1. The Balaban J connectivity index is 1.40. The third-order valence-electron chi connectivity index (χ3n) is 5.17. The van der Waals surface area contributed by atoms with Crippen molar-refractivity contribution in [3.8, 4) is 5.75 Å². The van der Waals surface area contributed by atoms with E-state index in [1.807, 2.05) is 17.0 Å². The molecule has 1 fully saturated rings. The van der Waals surface area contributed by atoms with Crippen LogP contribution >= 0.6 is 0 Å². The molecule has 0 radical (unpaired) electrons. The summed E-state index contributed by atoms with van der Waals surface area (Å²) in [6.45, 7) is -1.51. The number of benzene rings is 2. The molecule has 140 valence electrons. The highest BCUT2D eigenvalue weighted by Crippen LogP contribution is 2.33. The molecular formula is C21H20F2N2O2. The molecule has 0 aliphatic carbocycles. The Hall–Kier alpha value is -2.89. The predicted molar refractivity (Wildman–Crippen MR) is 99.3 cm³/mol. The van der Waals surface area contributed by atoms with Gasteiger partial charge in [0.05, 0.1) is 0 Å². The van der Waals surface area contributed by atoms with Gasteiger partial charge in [0.25, 0.3) is 5.91 Å². The number of rotatable bonds is 4. The first kappa shape index (κ1) is 17.5. The van der Waals surface area contributed by atoms with Crippen molar-refractivity contribution in [1.82, 2.24) is 9.88 Å². The summed E-state index contributed by atoms with van der Waals surface area (Å²) in [4.78, 5) is 17.8. The van der Waals surface area contributed by atoms with Gasteiger partial charge in [0, 0.05) is 35.8 Å². The molecule has 1 N–H and O–H groups in total. The van der Waals surface area contributed by atoms with E-state index in [9.17, 15) is 13.6 Å². The Morgan fingerprint density at radius 2 is 1.78 bits per heavy atom. The van der Waals surface area contributed by atoms with E-state index in [0.29, 0.717) is 24.6 Å². The van der Waals surface area contributed by atoms with Crippen LogP contribution in [0, 0.1) is 0 Å². The molecule has 0 unspecified atom stereocenters. The maximum atomic E-state index is 12.7. The van der Waals surface area contributed by atoms with Gasteiger partial charge in [-0.3, -0.25) is 4.79 Å². The Bertz CT molecular complexity index is 929. The molecule has 4 nitrogen and oxygen atoms in total. The summed E-state index contributed by atoms with van der Waals surface area (Å²) in [6.07, 6.45) is 3.88. The lowest BCUT2D eigenvalue weighted by atomic mass is 9.89. The number of nitrogens with one attached hydrogen (secondary N) is 1. The molecule has 0 saturated carbocycles. The average Bonchev–Trinajstić information content (AvgIpc) is 3.12. The van der Waals surface area contributed by atoms with E-state index in [2.05, 4.69) is 28.1 Å². The van der Waals surface area contributed by atoms with Crippen LogP contribution in [0.15, 0.2) is 54.7 Å². The molecule has 0 spiro atoms. The van der Waals surface area contributed by atoms with Gasteiger partial charge in [-0.2, -0.15) is 8.78 Å². The summed E-state index contributed by atoms with van der Waals surface area (Å²) in [6, 6.07) is 14.1. The van der Waals surface area contributed by atoms with Gasteiger partial charge in [0.1, 0.15) is 5.75 Å². The van der Waals surface area contributed by atoms with Crippen LogP contribution in [0.1, 0.15) is 34.7 Å². The van der Waals surface area contributed by atoms with Crippen LogP contribution in [0.25, 0.3) is 10.9 Å². The number of aromatic nitrogens is 1. The van der Waals surface area contributed by atoms with Gasteiger partial charge >= 0.3 is 6.61 Å². The van der Waals surface area contributed by atoms with Crippen molar-refractivity contribution in [3.63, 3.8) is 0 Å². The summed E-state index contributed by atoms with van der Waals surface area (Å²) in [5.41, 5.74) is 2.94. The fourth-order valence-electron chi connectivity index (χ4n) is 3.79. The normalized spacial score (nSPS) is 15.4. The number of fused-ring (bicyclic) bond motifs is 1. The van der Waals surface area contributed by atoms with E-state index in [-0.39, 0.29) is 11.7 Å². The number of para-hydroxylation sites is 1. The van der Waals surface area contributed by atoms with Crippen LogP contribution < -0.4 is 4.74 Å². The fourth-order valence-corrected chi connectivity index (χ4v) is 3.79. The highest BCUT2D eigenvalue weighted by Gasteiger charge is 2.26. The van der Waals surface area contributed by atoms with Crippen LogP contribution in [-0.2, 0) is 0 Å². The predicted octanol–water partition coefficient (Wildman–Crippen LogP) is 4.79. The molecule has 4 rings (SSSR count). The largest absolute Gasteiger partial charge is 0.435 e. The number of nitrogens with zero attached hydrogens (tertiary/aromatic N) is 1. The molecule has 1 saturated heterocycles. The molecule has 6 heteroatoms. The molecule has 2 aromatic carbocycles. The molecule has 1 aliphatic rings. The molecule has 1 aliphatic heterocycles. The van der Waals surface area contributed by atoms with E-state index in [0.717, 1.165) is 18.4 Å². The zero-order valence-electron chi connectivity index (χ0n) is 14.7. The molecule has 0 atom stereocenters. The van der Waals surface area contributed by atoms with Crippen molar-refractivity contribution in [2.75, 3.05) is 13.1 Å². The van der Waals surface area contributed by atoms with Crippen molar-refractivity contribution in [1.29, 1.82) is 0 Å². The number of piperidine rings is 1. The fraction of sp³-hybridized carbons (Fsp3) is 0.286.